The molecule has 1 N–H and O–H groups in total. The maximum atomic E-state index is 5.05. The van der Waals surface area contributed by atoms with Gasteiger partial charge in [0, 0.05) is 12.4 Å². The monoisotopic (exact) mass is 174 g/mol. The molecule has 2 nitrogen and oxygen atoms in total. The van der Waals surface area contributed by atoms with E-state index in [4.69, 9.17) is 12.2 Å². The first-order valence-electron chi connectivity index (χ1n) is 3.03. The van der Waals surface area contributed by atoms with E-state index in [0.717, 1.165) is 10.3 Å². The van der Waals surface area contributed by atoms with E-state index < -0.39 is 0 Å². The Morgan fingerprint density at radius 3 is 3.00 bits per heavy atom. The van der Waals surface area contributed by atoms with Crippen molar-refractivity contribution in [2.24, 2.45) is 0 Å². The number of hydrogen-bond donors (Lipinski definition) is 1. The van der Waals surface area contributed by atoms with Crippen LogP contribution < -0.4 is 29.6 Å². The third kappa shape index (κ3) is 1.56. The van der Waals surface area contributed by atoms with Crippen molar-refractivity contribution in [2.75, 3.05) is 0 Å². The molecule has 0 aliphatic heterocycles. The Morgan fingerprint density at radius 2 is 2.27 bits per heavy atom. The Kier molecular flexibility index (Phi) is 2.90. The van der Waals surface area contributed by atoms with Crippen LogP contribution in [0, 0.1) is 4.64 Å². The fraction of sp³-hybridized carbons (Fsp3) is 0. The summed E-state index contributed by atoms with van der Waals surface area (Å²) in [5.74, 6) is 0. The molecule has 0 atom stereocenters. The molecular formula is C7H7N2NaS. The summed E-state index contributed by atoms with van der Waals surface area (Å²) in [5, 5.41) is 0. The van der Waals surface area contributed by atoms with Crippen LogP contribution in [-0.4, -0.2) is 9.38 Å². The molecule has 0 bridgehead atoms. The average Bonchev–Trinajstić information content (AvgIpc) is 2.36. The Hall–Kier alpha value is -0.0900. The molecule has 0 radical (unpaired) electrons. The summed E-state index contributed by atoms with van der Waals surface area (Å²) >= 11 is 5.05. The summed E-state index contributed by atoms with van der Waals surface area (Å²) in [6.07, 6.45) is 3.78. The van der Waals surface area contributed by atoms with Crippen molar-refractivity contribution in [3.63, 3.8) is 0 Å². The zero-order chi connectivity index (χ0) is 6.97. The van der Waals surface area contributed by atoms with Crippen molar-refractivity contribution in [1.82, 2.24) is 9.38 Å². The van der Waals surface area contributed by atoms with E-state index in [1.54, 1.807) is 0 Å². The van der Waals surface area contributed by atoms with E-state index in [1.807, 2.05) is 35.0 Å². The van der Waals surface area contributed by atoms with Gasteiger partial charge in [0.1, 0.15) is 10.3 Å². The number of imidazole rings is 1. The van der Waals surface area contributed by atoms with Crippen LogP contribution in [0.3, 0.4) is 0 Å². The SMILES string of the molecule is S=c1cccc2[nH]ccn12.[H-].[Na+]. The third-order valence-electron chi connectivity index (χ3n) is 1.44. The molecule has 0 amide bonds. The summed E-state index contributed by atoms with van der Waals surface area (Å²) in [7, 11) is 0. The first-order chi connectivity index (χ1) is 4.88. The molecule has 52 valence electrons. The van der Waals surface area contributed by atoms with Crippen LogP contribution in [0.1, 0.15) is 1.43 Å². The van der Waals surface area contributed by atoms with Crippen molar-refractivity contribution < 1.29 is 31.0 Å². The molecule has 0 aliphatic carbocycles. The Bertz CT molecular complexity index is 409. The topological polar surface area (TPSA) is 20.2 Å². The standard InChI is InChI=1S/C7H6N2S.Na.H/c10-7-3-1-2-6-8-4-5-9(6)7;;/h1-5,8H;;/q;+1;-1. The molecule has 2 aromatic rings. The van der Waals surface area contributed by atoms with Crippen LogP contribution in [0.2, 0.25) is 0 Å². The van der Waals surface area contributed by atoms with E-state index in [9.17, 15) is 0 Å². The van der Waals surface area contributed by atoms with Gasteiger partial charge in [-0.1, -0.05) is 18.3 Å². The van der Waals surface area contributed by atoms with Crippen LogP contribution in [0.5, 0.6) is 0 Å². The fourth-order valence-corrected chi connectivity index (χ4v) is 1.21. The number of nitrogens with zero attached hydrogens (tertiary/aromatic N) is 1. The van der Waals surface area contributed by atoms with Crippen molar-refractivity contribution in [3.8, 4) is 0 Å². The largest absolute Gasteiger partial charge is 1.00 e. The molecule has 0 saturated carbocycles. The summed E-state index contributed by atoms with van der Waals surface area (Å²) in [6, 6.07) is 5.82. The van der Waals surface area contributed by atoms with E-state index in [-0.39, 0.29) is 31.0 Å². The number of H-pyrrole nitrogens is 1. The van der Waals surface area contributed by atoms with Crippen molar-refractivity contribution in [1.29, 1.82) is 0 Å². The quantitative estimate of drug-likeness (QED) is 0.406. The van der Waals surface area contributed by atoms with Gasteiger partial charge < -0.3 is 6.41 Å². The molecule has 0 saturated heterocycles. The Labute approximate surface area is 93.0 Å². The van der Waals surface area contributed by atoms with Gasteiger partial charge in [-0.2, -0.15) is 0 Å². The van der Waals surface area contributed by atoms with Gasteiger partial charge >= 0.3 is 29.6 Å². The molecule has 0 aromatic carbocycles. The fourth-order valence-electron chi connectivity index (χ4n) is 0.969. The third-order valence-corrected chi connectivity index (χ3v) is 1.78. The van der Waals surface area contributed by atoms with Crippen molar-refractivity contribution >= 4 is 17.9 Å². The van der Waals surface area contributed by atoms with Gasteiger partial charge in [0.15, 0.2) is 0 Å². The van der Waals surface area contributed by atoms with Crippen LogP contribution in [0.4, 0.5) is 0 Å². The molecule has 2 aromatic heterocycles. The van der Waals surface area contributed by atoms with Gasteiger partial charge in [0.2, 0.25) is 0 Å². The summed E-state index contributed by atoms with van der Waals surface area (Å²) in [6.45, 7) is 0. The van der Waals surface area contributed by atoms with Gasteiger partial charge in [-0.15, -0.1) is 0 Å². The summed E-state index contributed by atoms with van der Waals surface area (Å²) in [4.78, 5) is 3.06. The Balaban J connectivity index is 0.000000605. The van der Waals surface area contributed by atoms with Gasteiger partial charge in [-0.25, -0.2) is 0 Å². The van der Waals surface area contributed by atoms with Gasteiger partial charge in [0.05, 0.1) is 0 Å². The second-order valence-electron chi connectivity index (χ2n) is 2.08. The predicted molar refractivity (Wildman–Crippen MR) is 43.7 cm³/mol. The van der Waals surface area contributed by atoms with E-state index in [2.05, 4.69) is 4.98 Å². The number of aromatic nitrogens is 2. The van der Waals surface area contributed by atoms with E-state index >= 15 is 0 Å². The molecular weight excluding hydrogens is 167 g/mol. The number of rotatable bonds is 0. The molecule has 2 rings (SSSR count). The van der Waals surface area contributed by atoms with Gasteiger partial charge in [0.25, 0.3) is 0 Å². The maximum Gasteiger partial charge on any atom is 1.00 e. The summed E-state index contributed by atoms with van der Waals surface area (Å²) in [5.41, 5.74) is 1.03. The number of hydrogen-bond acceptors (Lipinski definition) is 1. The zero-order valence-electron chi connectivity index (χ0n) is 7.24. The number of nitrogens with one attached hydrogen (secondary N) is 1. The van der Waals surface area contributed by atoms with Crippen LogP contribution in [0.15, 0.2) is 30.6 Å². The Morgan fingerprint density at radius 1 is 1.45 bits per heavy atom. The average molecular weight is 174 g/mol. The molecule has 2 heterocycles. The maximum absolute atomic E-state index is 5.05. The minimum atomic E-state index is 0. The number of pyridine rings is 1. The normalized spacial score (nSPS) is 9.45. The van der Waals surface area contributed by atoms with Crippen molar-refractivity contribution in [3.05, 3.63) is 35.2 Å². The molecule has 0 aliphatic rings. The second kappa shape index (κ2) is 3.54. The van der Waals surface area contributed by atoms with Gasteiger partial charge in [-0.3, -0.25) is 4.40 Å². The predicted octanol–water partition coefficient (Wildman–Crippen LogP) is -0.887. The summed E-state index contributed by atoms with van der Waals surface area (Å²) < 4.78 is 2.76. The zero-order valence-corrected chi connectivity index (χ0v) is 9.06. The smallest absolute Gasteiger partial charge is 1.00 e. The minimum Gasteiger partial charge on any atom is -1.00 e. The molecule has 11 heavy (non-hydrogen) atoms. The molecule has 4 heteroatoms. The number of aromatic amines is 1. The van der Waals surface area contributed by atoms with E-state index in [0.29, 0.717) is 0 Å². The first-order valence-corrected chi connectivity index (χ1v) is 3.43. The molecule has 0 unspecified atom stereocenters. The molecule has 0 spiro atoms. The minimum absolute atomic E-state index is 0. The number of fused-ring (bicyclic) bond motifs is 1. The van der Waals surface area contributed by atoms with Crippen LogP contribution in [0.25, 0.3) is 5.65 Å². The van der Waals surface area contributed by atoms with E-state index in [1.165, 1.54) is 0 Å². The van der Waals surface area contributed by atoms with Crippen LogP contribution >= 0.6 is 12.2 Å². The molecule has 0 fully saturated rings. The van der Waals surface area contributed by atoms with Crippen molar-refractivity contribution in [2.45, 2.75) is 0 Å². The van der Waals surface area contributed by atoms with Gasteiger partial charge in [-0.05, 0) is 12.1 Å². The second-order valence-corrected chi connectivity index (χ2v) is 2.50. The van der Waals surface area contributed by atoms with Crippen LogP contribution in [-0.2, 0) is 0 Å². The first kappa shape index (κ1) is 9.00.